The minimum Gasteiger partial charge on any atom is -0.381 e. The number of carbonyl (C=O) groups is 2. The third-order valence-corrected chi connectivity index (χ3v) is 4.89. The summed E-state index contributed by atoms with van der Waals surface area (Å²) in [6, 6.07) is -0.577. The van der Waals surface area contributed by atoms with Gasteiger partial charge in [-0.15, -0.1) is 0 Å². The van der Waals surface area contributed by atoms with Gasteiger partial charge in [0.2, 0.25) is 11.8 Å². The first-order valence-corrected chi connectivity index (χ1v) is 8.35. The molecule has 3 N–H and O–H groups in total. The maximum Gasteiger partial charge on any atom is 0.244 e. The van der Waals surface area contributed by atoms with Crippen molar-refractivity contribution in [3.05, 3.63) is 11.6 Å². The molecule has 5 heteroatoms. The molecule has 1 aliphatic carbocycles. The first-order chi connectivity index (χ1) is 10.5. The van der Waals surface area contributed by atoms with E-state index in [-0.39, 0.29) is 11.3 Å². The molecule has 2 amide bonds. The van der Waals surface area contributed by atoms with Crippen LogP contribution < -0.4 is 11.1 Å². The fourth-order valence-corrected chi connectivity index (χ4v) is 3.50. The van der Waals surface area contributed by atoms with Crippen LogP contribution in [0.1, 0.15) is 58.3 Å². The number of ether oxygens (including phenoxy) is 1. The average Bonchev–Trinajstić information content (AvgIpc) is 2.48. The van der Waals surface area contributed by atoms with Gasteiger partial charge in [-0.1, -0.05) is 31.8 Å². The Balaban J connectivity index is 1.93. The Morgan fingerprint density at radius 3 is 2.50 bits per heavy atom. The fourth-order valence-electron chi connectivity index (χ4n) is 3.50. The molecule has 0 aromatic heterocycles. The first kappa shape index (κ1) is 17.0. The Hall–Kier alpha value is -1.36. The van der Waals surface area contributed by atoms with Crippen LogP contribution in [0.2, 0.25) is 0 Å². The van der Waals surface area contributed by atoms with E-state index >= 15 is 0 Å². The lowest BCUT2D eigenvalue weighted by Crippen LogP contribution is -2.47. The van der Waals surface area contributed by atoms with Crippen LogP contribution in [-0.4, -0.2) is 31.1 Å². The van der Waals surface area contributed by atoms with Gasteiger partial charge in [-0.2, -0.15) is 0 Å². The molecule has 0 bridgehead atoms. The summed E-state index contributed by atoms with van der Waals surface area (Å²) in [5, 5.41) is 2.81. The second-order valence-corrected chi connectivity index (χ2v) is 6.95. The van der Waals surface area contributed by atoms with Crippen LogP contribution in [0.15, 0.2) is 11.6 Å². The highest BCUT2D eigenvalue weighted by Gasteiger charge is 2.32. The van der Waals surface area contributed by atoms with Crippen molar-refractivity contribution >= 4 is 11.8 Å². The van der Waals surface area contributed by atoms with E-state index in [1.807, 2.05) is 0 Å². The molecule has 0 radical (unpaired) electrons. The van der Waals surface area contributed by atoms with Crippen molar-refractivity contribution < 1.29 is 14.3 Å². The van der Waals surface area contributed by atoms with Gasteiger partial charge in [-0.05, 0) is 37.5 Å². The highest BCUT2D eigenvalue weighted by Crippen LogP contribution is 2.39. The van der Waals surface area contributed by atoms with Crippen LogP contribution in [0, 0.1) is 5.41 Å². The molecule has 0 aromatic carbocycles. The molecule has 2 fully saturated rings. The van der Waals surface area contributed by atoms with Crippen LogP contribution in [0.4, 0.5) is 0 Å². The topological polar surface area (TPSA) is 81.4 Å². The van der Waals surface area contributed by atoms with E-state index in [1.54, 1.807) is 6.08 Å². The minimum atomic E-state index is -0.577. The lowest BCUT2D eigenvalue weighted by molar-refractivity contribution is -0.126. The van der Waals surface area contributed by atoms with E-state index in [4.69, 9.17) is 10.5 Å². The summed E-state index contributed by atoms with van der Waals surface area (Å²) in [6.07, 6.45) is 9.67. The van der Waals surface area contributed by atoms with Gasteiger partial charge in [-0.3, -0.25) is 9.59 Å². The lowest BCUT2D eigenvalue weighted by atomic mass is 9.72. The maximum absolute atomic E-state index is 12.1. The Labute approximate surface area is 132 Å². The summed E-state index contributed by atoms with van der Waals surface area (Å²) in [4.78, 5) is 23.8. The van der Waals surface area contributed by atoms with Gasteiger partial charge >= 0.3 is 0 Å². The predicted octanol–water partition coefficient (Wildman–Crippen LogP) is 2.05. The number of nitrogens with two attached hydrogens (primary N) is 1. The zero-order valence-electron chi connectivity index (χ0n) is 13.5. The summed E-state index contributed by atoms with van der Waals surface area (Å²) in [5.74, 6) is -0.648. The molecule has 0 aromatic rings. The summed E-state index contributed by atoms with van der Waals surface area (Å²) < 4.78 is 5.27. The molecular formula is C17H28N2O3. The molecule has 2 rings (SSSR count). The Morgan fingerprint density at radius 2 is 1.91 bits per heavy atom. The zero-order chi connectivity index (χ0) is 16.0. The predicted molar refractivity (Wildman–Crippen MR) is 85.1 cm³/mol. The molecule has 22 heavy (non-hydrogen) atoms. The first-order valence-electron chi connectivity index (χ1n) is 8.35. The van der Waals surface area contributed by atoms with Gasteiger partial charge in [0.25, 0.3) is 0 Å². The molecule has 0 spiro atoms. The Morgan fingerprint density at radius 1 is 1.27 bits per heavy atom. The number of primary amides is 1. The quantitative estimate of drug-likeness (QED) is 0.763. The number of carbonyl (C=O) groups excluding carboxylic acids is 2. The number of hydrogen-bond acceptors (Lipinski definition) is 3. The van der Waals surface area contributed by atoms with Crippen LogP contribution in [0.25, 0.3) is 0 Å². The van der Waals surface area contributed by atoms with E-state index in [1.165, 1.54) is 19.3 Å². The van der Waals surface area contributed by atoms with E-state index in [9.17, 15) is 9.59 Å². The van der Waals surface area contributed by atoms with Gasteiger partial charge < -0.3 is 15.8 Å². The molecule has 1 saturated carbocycles. The number of nitrogens with one attached hydrogen (secondary N) is 1. The molecule has 1 heterocycles. The van der Waals surface area contributed by atoms with E-state index in [0.717, 1.165) is 31.3 Å². The number of hydrogen-bond donors (Lipinski definition) is 2. The average molecular weight is 308 g/mol. The second kappa shape index (κ2) is 7.77. The van der Waals surface area contributed by atoms with Crippen LogP contribution in [0.3, 0.4) is 0 Å². The molecular weight excluding hydrogens is 280 g/mol. The number of rotatable bonds is 5. The minimum absolute atomic E-state index is 0.108. The van der Waals surface area contributed by atoms with Crippen molar-refractivity contribution in [2.45, 2.75) is 64.3 Å². The van der Waals surface area contributed by atoms with Crippen molar-refractivity contribution in [1.82, 2.24) is 5.32 Å². The van der Waals surface area contributed by atoms with Crippen LogP contribution in [-0.2, 0) is 14.3 Å². The monoisotopic (exact) mass is 308 g/mol. The zero-order valence-corrected chi connectivity index (χ0v) is 13.5. The third-order valence-electron chi connectivity index (χ3n) is 4.89. The summed E-state index contributed by atoms with van der Waals surface area (Å²) >= 11 is 0. The fraction of sp³-hybridized carbons (Fsp3) is 0.765. The molecule has 124 valence electrons. The maximum atomic E-state index is 12.1. The summed E-state index contributed by atoms with van der Waals surface area (Å²) in [7, 11) is 0. The second-order valence-electron chi connectivity index (χ2n) is 6.95. The summed E-state index contributed by atoms with van der Waals surface area (Å²) in [5.41, 5.74) is 6.69. The molecule has 0 unspecified atom stereocenters. The SMILES string of the molecule is CC1(C[C@H](NC(=O)C=C2CCOCC2)C(N)=O)CCCCC1. The largest absolute Gasteiger partial charge is 0.381 e. The number of amides is 2. The van der Waals surface area contributed by atoms with Gasteiger partial charge in [0.05, 0.1) is 13.2 Å². The molecule has 5 nitrogen and oxygen atoms in total. The van der Waals surface area contributed by atoms with Gasteiger partial charge in [-0.25, -0.2) is 0 Å². The van der Waals surface area contributed by atoms with Gasteiger partial charge in [0.15, 0.2) is 0 Å². The van der Waals surface area contributed by atoms with E-state index < -0.39 is 11.9 Å². The normalized spacial score (nSPS) is 22.7. The van der Waals surface area contributed by atoms with Crippen LogP contribution >= 0.6 is 0 Å². The Bertz CT molecular complexity index is 431. The molecule has 2 aliphatic rings. The van der Waals surface area contributed by atoms with Crippen molar-refractivity contribution in [1.29, 1.82) is 0 Å². The van der Waals surface area contributed by atoms with Crippen molar-refractivity contribution in [3.8, 4) is 0 Å². The van der Waals surface area contributed by atoms with E-state index in [0.29, 0.717) is 19.6 Å². The third kappa shape index (κ3) is 5.13. The summed E-state index contributed by atoms with van der Waals surface area (Å²) in [6.45, 7) is 3.53. The van der Waals surface area contributed by atoms with E-state index in [2.05, 4.69) is 12.2 Å². The Kier molecular flexibility index (Phi) is 6.00. The molecule has 1 saturated heterocycles. The van der Waals surface area contributed by atoms with Crippen LogP contribution in [0.5, 0.6) is 0 Å². The highest BCUT2D eigenvalue weighted by molar-refractivity contribution is 5.92. The molecule has 1 atom stereocenters. The van der Waals surface area contributed by atoms with Gasteiger partial charge in [0, 0.05) is 6.08 Å². The van der Waals surface area contributed by atoms with Crippen molar-refractivity contribution in [3.63, 3.8) is 0 Å². The molecule has 1 aliphatic heterocycles. The smallest absolute Gasteiger partial charge is 0.244 e. The standard InChI is InChI=1S/C17H28N2O3/c1-17(7-3-2-4-8-17)12-14(16(18)21)19-15(20)11-13-5-9-22-10-6-13/h11,14H,2-10,12H2,1H3,(H2,18,21)(H,19,20)/t14-/m0/s1. The van der Waals surface area contributed by atoms with Crippen molar-refractivity contribution in [2.75, 3.05) is 13.2 Å². The highest BCUT2D eigenvalue weighted by atomic mass is 16.5. The van der Waals surface area contributed by atoms with Gasteiger partial charge in [0.1, 0.15) is 6.04 Å². The van der Waals surface area contributed by atoms with Crippen molar-refractivity contribution in [2.24, 2.45) is 11.1 Å². The lowest BCUT2D eigenvalue weighted by Gasteiger charge is -2.36.